The Labute approximate surface area is 98.8 Å². The van der Waals surface area contributed by atoms with E-state index in [1.807, 2.05) is 0 Å². The normalized spacial score (nSPS) is 9.76. The number of hydrogen-bond acceptors (Lipinski definition) is 5. The number of nitro benzene ring substituents is 1. The van der Waals surface area contributed by atoms with E-state index in [9.17, 15) is 10.1 Å². The van der Waals surface area contributed by atoms with Crippen LogP contribution in [0.5, 0.6) is 5.75 Å². The SMILES string of the molecule is C=C(OCC)c1cc(OC)c(N)c([N+](=O)[O-])c1. The maximum absolute atomic E-state index is 10.8. The molecule has 0 aliphatic heterocycles. The molecule has 17 heavy (non-hydrogen) atoms. The molecule has 92 valence electrons. The molecule has 0 atom stereocenters. The first-order valence-electron chi connectivity index (χ1n) is 4.95. The van der Waals surface area contributed by atoms with Crippen molar-refractivity contribution in [1.82, 2.24) is 0 Å². The third-order valence-corrected chi connectivity index (χ3v) is 2.18. The minimum Gasteiger partial charge on any atom is -0.494 e. The Kier molecular flexibility index (Phi) is 3.92. The van der Waals surface area contributed by atoms with Gasteiger partial charge in [-0.05, 0) is 13.0 Å². The van der Waals surface area contributed by atoms with Gasteiger partial charge in [-0.15, -0.1) is 0 Å². The zero-order valence-electron chi connectivity index (χ0n) is 9.73. The summed E-state index contributed by atoms with van der Waals surface area (Å²) in [4.78, 5) is 10.3. The third-order valence-electron chi connectivity index (χ3n) is 2.18. The van der Waals surface area contributed by atoms with E-state index >= 15 is 0 Å². The van der Waals surface area contributed by atoms with Crippen LogP contribution in [-0.4, -0.2) is 18.6 Å². The zero-order chi connectivity index (χ0) is 13.0. The number of anilines is 1. The second kappa shape index (κ2) is 5.20. The average molecular weight is 238 g/mol. The van der Waals surface area contributed by atoms with Crippen molar-refractivity contribution in [3.63, 3.8) is 0 Å². The van der Waals surface area contributed by atoms with E-state index in [0.717, 1.165) is 0 Å². The molecule has 0 unspecified atom stereocenters. The monoisotopic (exact) mass is 238 g/mol. The van der Waals surface area contributed by atoms with Crippen LogP contribution in [0, 0.1) is 10.1 Å². The molecule has 0 aromatic heterocycles. The van der Waals surface area contributed by atoms with Crippen molar-refractivity contribution in [1.29, 1.82) is 0 Å². The van der Waals surface area contributed by atoms with Crippen molar-refractivity contribution in [3.8, 4) is 5.75 Å². The molecule has 0 amide bonds. The Bertz CT molecular complexity index is 457. The molecule has 6 nitrogen and oxygen atoms in total. The number of nitrogens with two attached hydrogens (primary N) is 1. The van der Waals surface area contributed by atoms with Gasteiger partial charge in [0.25, 0.3) is 5.69 Å². The molecule has 1 aromatic carbocycles. The molecule has 1 aromatic rings. The van der Waals surface area contributed by atoms with Crippen molar-refractivity contribution in [2.75, 3.05) is 19.5 Å². The number of methoxy groups -OCH3 is 1. The summed E-state index contributed by atoms with van der Waals surface area (Å²) in [5.74, 6) is 0.573. The molecule has 0 saturated heterocycles. The fourth-order valence-corrected chi connectivity index (χ4v) is 1.35. The maximum atomic E-state index is 10.8. The van der Waals surface area contributed by atoms with Crippen LogP contribution >= 0.6 is 0 Å². The van der Waals surface area contributed by atoms with E-state index in [0.29, 0.717) is 17.9 Å². The van der Waals surface area contributed by atoms with Crippen molar-refractivity contribution >= 4 is 17.1 Å². The van der Waals surface area contributed by atoms with Crippen LogP contribution in [0.25, 0.3) is 5.76 Å². The van der Waals surface area contributed by atoms with Crippen LogP contribution in [0.2, 0.25) is 0 Å². The van der Waals surface area contributed by atoms with E-state index in [4.69, 9.17) is 15.2 Å². The molecular formula is C11H14N2O4. The predicted octanol–water partition coefficient (Wildman–Crippen LogP) is 2.19. The summed E-state index contributed by atoms with van der Waals surface area (Å²) in [6.45, 7) is 5.91. The van der Waals surface area contributed by atoms with E-state index in [1.165, 1.54) is 13.2 Å². The van der Waals surface area contributed by atoms with Gasteiger partial charge in [0, 0.05) is 11.6 Å². The topological polar surface area (TPSA) is 87.6 Å². The molecule has 1 rings (SSSR count). The first-order valence-corrected chi connectivity index (χ1v) is 4.95. The van der Waals surface area contributed by atoms with Crippen molar-refractivity contribution < 1.29 is 14.4 Å². The van der Waals surface area contributed by atoms with E-state index in [2.05, 4.69) is 6.58 Å². The van der Waals surface area contributed by atoms with Gasteiger partial charge in [-0.25, -0.2) is 0 Å². The van der Waals surface area contributed by atoms with Gasteiger partial charge in [-0.1, -0.05) is 6.58 Å². The zero-order valence-corrected chi connectivity index (χ0v) is 9.73. The van der Waals surface area contributed by atoms with Gasteiger partial charge in [0.1, 0.15) is 11.5 Å². The van der Waals surface area contributed by atoms with Gasteiger partial charge < -0.3 is 15.2 Å². The Morgan fingerprint density at radius 1 is 1.59 bits per heavy atom. The van der Waals surface area contributed by atoms with Gasteiger partial charge in [0.05, 0.1) is 18.6 Å². The summed E-state index contributed by atoms with van der Waals surface area (Å²) in [5.41, 5.74) is 5.85. The Morgan fingerprint density at radius 2 is 2.24 bits per heavy atom. The molecule has 0 saturated carbocycles. The van der Waals surface area contributed by atoms with Gasteiger partial charge in [-0.2, -0.15) is 0 Å². The summed E-state index contributed by atoms with van der Waals surface area (Å²) in [6.07, 6.45) is 0. The second-order valence-corrected chi connectivity index (χ2v) is 3.22. The Morgan fingerprint density at radius 3 is 2.71 bits per heavy atom. The lowest BCUT2D eigenvalue weighted by Gasteiger charge is -2.10. The van der Waals surface area contributed by atoms with Gasteiger partial charge in [-0.3, -0.25) is 10.1 Å². The fraction of sp³-hybridized carbons (Fsp3) is 0.273. The molecule has 0 spiro atoms. The number of nitrogen functional groups attached to an aromatic ring is 1. The number of ether oxygens (including phenoxy) is 2. The molecule has 0 bridgehead atoms. The first kappa shape index (κ1) is 12.8. The van der Waals surface area contributed by atoms with Gasteiger partial charge >= 0.3 is 0 Å². The molecular weight excluding hydrogens is 224 g/mol. The van der Waals surface area contributed by atoms with Gasteiger partial charge in [0.15, 0.2) is 5.69 Å². The molecule has 6 heteroatoms. The summed E-state index contributed by atoms with van der Waals surface area (Å²) in [7, 11) is 1.39. The summed E-state index contributed by atoms with van der Waals surface area (Å²) in [6, 6.07) is 2.87. The van der Waals surface area contributed by atoms with Crippen molar-refractivity contribution in [2.45, 2.75) is 6.92 Å². The van der Waals surface area contributed by atoms with Crippen LogP contribution in [0.3, 0.4) is 0 Å². The van der Waals surface area contributed by atoms with Crippen LogP contribution in [0.15, 0.2) is 18.7 Å². The highest BCUT2D eigenvalue weighted by molar-refractivity contribution is 5.74. The average Bonchev–Trinajstić information content (AvgIpc) is 2.29. The van der Waals surface area contributed by atoms with Crippen molar-refractivity contribution in [2.24, 2.45) is 0 Å². The third kappa shape index (κ3) is 2.66. The van der Waals surface area contributed by atoms with Crippen molar-refractivity contribution in [3.05, 3.63) is 34.4 Å². The Hall–Kier alpha value is -2.24. The van der Waals surface area contributed by atoms with E-state index in [1.54, 1.807) is 13.0 Å². The highest BCUT2D eigenvalue weighted by Gasteiger charge is 2.19. The smallest absolute Gasteiger partial charge is 0.296 e. The molecule has 0 aliphatic carbocycles. The molecule has 0 aliphatic rings. The number of nitrogens with zero attached hydrogens (tertiary/aromatic N) is 1. The first-order chi connectivity index (χ1) is 8.01. The highest BCUT2D eigenvalue weighted by atomic mass is 16.6. The lowest BCUT2D eigenvalue weighted by atomic mass is 10.1. The summed E-state index contributed by atoms with van der Waals surface area (Å²) < 4.78 is 10.2. The minimum absolute atomic E-state index is 0.00875. The number of hydrogen-bond donors (Lipinski definition) is 1. The van der Waals surface area contributed by atoms with Crippen LogP contribution < -0.4 is 10.5 Å². The highest BCUT2D eigenvalue weighted by Crippen LogP contribution is 2.35. The van der Waals surface area contributed by atoms with Crippen LogP contribution in [0.1, 0.15) is 12.5 Å². The molecule has 0 heterocycles. The molecule has 0 radical (unpaired) electrons. The summed E-state index contributed by atoms with van der Waals surface area (Å²) >= 11 is 0. The van der Waals surface area contributed by atoms with Crippen LogP contribution in [-0.2, 0) is 4.74 Å². The maximum Gasteiger partial charge on any atom is 0.296 e. The second-order valence-electron chi connectivity index (χ2n) is 3.22. The standard InChI is InChI=1S/C11H14N2O4/c1-4-17-7(2)8-5-9(13(14)15)11(12)10(6-8)16-3/h5-6H,2,4,12H2,1,3H3. The lowest BCUT2D eigenvalue weighted by Crippen LogP contribution is -2.01. The number of rotatable bonds is 5. The predicted molar refractivity (Wildman–Crippen MR) is 64.7 cm³/mol. The number of nitro groups is 1. The Balaban J connectivity index is 3.29. The molecule has 2 N–H and O–H groups in total. The lowest BCUT2D eigenvalue weighted by molar-refractivity contribution is -0.384. The number of benzene rings is 1. The van der Waals surface area contributed by atoms with E-state index in [-0.39, 0.29) is 17.1 Å². The van der Waals surface area contributed by atoms with E-state index < -0.39 is 4.92 Å². The van der Waals surface area contributed by atoms with Gasteiger partial charge in [0.2, 0.25) is 0 Å². The largest absolute Gasteiger partial charge is 0.494 e. The van der Waals surface area contributed by atoms with Crippen LogP contribution in [0.4, 0.5) is 11.4 Å². The minimum atomic E-state index is -0.569. The fourth-order valence-electron chi connectivity index (χ4n) is 1.35. The quantitative estimate of drug-likeness (QED) is 0.367. The molecule has 0 fully saturated rings. The summed E-state index contributed by atoms with van der Waals surface area (Å²) in [5, 5.41) is 10.8.